The summed E-state index contributed by atoms with van der Waals surface area (Å²) < 4.78 is 7.24. The highest BCUT2D eigenvalue weighted by Gasteiger charge is 2.06. The molecule has 78 valence electrons. The van der Waals surface area contributed by atoms with Gasteiger partial charge in [-0.1, -0.05) is 17.7 Å². The Balaban J connectivity index is 2.09. The summed E-state index contributed by atoms with van der Waals surface area (Å²) in [4.78, 5) is 3.85. The molecule has 0 bridgehead atoms. The average molecular weight is 224 g/mol. The van der Waals surface area contributed by atoms with E-state index in [2.05, 4.69) is 10.1 Å². The van der Waals surface area contributed by atoms with Gasteiger partial charge in [0, 0.05) is 5.02 Å². The Morgan fingerprint density at radius 3 is 3.00 bits per heavy atom. The number of rotatable bonds is 3. The summed E-state index contributed by atoms with van der Waals surface area (Å²) in [6.07, 6.45) is 2.87. The fraction of sp³-hybridized carbons (Fsp3) is 0.200. The van der Waals surface area contributed by atoms with Gasteiger partial charge in [0.1, 0.15) is 18.4 Å². The molecule has 0 amide bonds. The van der Waals surface area contributed by atoms with Crippen LogP contribution in [0.4, 0.5) is 0 Å². The predicted octanol–water partition coefficient (Wildman–Crippen LogP) is 2.53. The Morgan fingerprint density at radius 1 is 1.47 bits per heavy atom. The summed E-state index contributed by atoms with van der Waals surface area (Å²) in [7, 11) is 0. The largest absolute Gasteiger partial charge is 0.469 e. The number of halogens is 1. The molecule has 1 atom stereocenters. The summed E-state index contributed by atoms with van der Waals surface area (Å²) in [5.41, 5.74) is 0. The molecule has 1 aromatic carbocycles. The first-order valence-electron chi connectivity index (χ1n) is 4.52. The van der Waals surface area contributed by atoms with Crippen LogP contribution < -0.4 is 4.74 Å². The third-order valence-electron chi connectivity index (χ3n) is 1.91. The van der Waals surface area contributed by atoms with E-state index in [0.29, 0.717) is 10.8 Å². The van der Waals surface area contributed by atoms with Crippen LogP contribution in [-0.2, 0) is 0 Å². The van der Waals surface area contributed by atoms with Gasteiger partial charge >= 0.3 is 0 Å². The highest BCUT2D eigenvalue weighted by atomic mass is 35.5. The second-order valence-corrected chi connectivity index (χ2v) is 3.49. The molecule has 0 aliphatic carbocycles. The van der Waals surface area contributed by atoms with Crippen LogP contribution >= 0.6 is 11.6 Å². The topological polar surface area (TPSA) is 39.9 Å². The maximum atomic E-state index is 5.84. The highest BCUT2D eigenvalue weighted by Crippen LogP contribution is 2.20. The van der Waals surface area contributed by atoms with Crippen molar-refractivity contribution in [2.45, 2.75) is 13.2 Å². The number of benzene rings is 1. The van der Waals surface area contributed by atoms with Gasteiger partial charge in [-0.05, 0) is 25.1 Å². The molecule has 4 nitrogen and oxygen atoms in total. The molecule has 1 heterocycles. The number of hydrogen-bond acceptors (Lipinski definition) is 3. The number of ether oxygens (including phenoxy) is 1. The lowest BCUT2D eigenvalue weighted by Crippen LogP contribution is -2.12. The van der Waals surface area contributed by atoms with Gasteiger partial charge in [-0.25, -0.2) is 9.67 Å². The Bertz CT molecular complexity index is 430. The molecule has 1 aromatic heterocycles. The van der Waals surface area contributed by atoms with Gasteiger partial charge in [0.15, 0.2) is 6.23 Å². The van der Waals surface area contributed by atoms with Crippen LogP contribution in [0.3, 0.4) is 0 Å². The zero-order valence-electron chi connectivity index (χ0n) is 8.17. The van der Waals surface area contributed by atoms with E-state index in [1.54, 1.807) is 23.1 Å². The van der Waals surface area contributed by atoms with Gasteiger partial charge in [0.25, 0.3) is 0 Å². The highest BCUT2D eigenvalue weighted by molar-refractivity contribution is 6.30. The van der Waals surface area contributed by atoms with E-state index in [4.69, 9.17) is 16.3 Å². The summed E-state index contributed by atoms with van der Waals surface area (Å²) in [6, 6.07) is 7.24. The molecule has 0 unspecified atom stereocenters. The summed E-state index contributed by atoms with van der Waals surface area (Å²) in [5.74, 6) is 0.713. The van der Waals surface area contributed by atoms with Crippen LogP contribution in [0.2, 0.25) is 5.02 Å². The first-order valence-corrected chi connectivity index (χ1v) is 4.90. The van der Waals surface area contributed by atoms with Crippen LogP contribution in [0.15, 0.2) is 36.9 Å². The molecule has 0 aliphatic heterocycles. The van der Waals surface area contributed by atoms with Crippen molar-refractivity contribution in [2.75, 3.05) is 0 Å². The summed E-state index contributed by atoms with van der Waals surface area (Å²) in [5, 5.41) is 4.63. The van der Waals surface area contributed by atoms with Gasteiger partial charge in [0.05, 0.1) is 0 Å². The minimum atomic E-state index is -0.203. The van der Waals surface area contributed by atoms with Crippen LogP contribution in [0.1, 0.15) is 13.2 Å². The lowest BCUT2D eigenvalue weighted by molar-refractivity contribution is 0.138. The van der Waals surface area contributed by atoms with E-state index in [9.17, 15) is 0 Å². The smallest absolute Gasteiger partial charge is 0.190 e. The van der Waals surface area contributed by atoms with E-state index in [0.717, 1.165) is 0 Å². The van der Waals surface area contributed by atoms with E-state index in [1.807, 2.05) is 19.1 Å². The molecule has 5 heteroatoms. The second-order valence-electron chi connectivity index (χ2n) is 3.05. The summed E-state index contributed by atoms with van der Waals surface area (Å²) in [6.45, 7) is 1.88. The molecule has 0 saturated carbocycles. The zero-order chi connectivity index (χ0) is 10.7. The van der Waals surface area contributed by atoms with Gasteiger partial charge in [-0.2, -0.15) is 5.10 Å². The number of hydrogen-bond donors (Lipinski definition) is 0. The van der Waals surface area contributed by atoms with Crippen LogP contribution in [0.25, 0.3) is 0 Å². The fourth-order valence-corrected chi connectivity index (χ4v) is 1.38. The first-order chi connectivity index (χ1) is 7.25. The minimum Gasteiger partial charge on any atom is -0.469 e. The van der Waals surface area contributed by atoms with E-state index >= 15 is 0 Å². The van der Waals surface area contributed by atoms with E-state index < -0.39 is 0 Å². The Labute approximate surface area is 92.5 Å². The predicted molar refractivity (Wildman–Crippen MR) is 56.8 cm³/mol. The Morgan fingerprint density at radius 2 is 2.33 bits per heavy atom. The fourth-order valence-electron chi connectivity index (χ4n) is 1.20. The van der Waals surface area contributed by atoms with Crippen LogP contribution in [0, 0.1) is 0 Å². The SMILES string of the molecule is C[C@@H](Oc1cccc(Cl)c1)n1cncn1. The molecule has 0 fully saturated rings. The molecule has 0 saturated heterocycles. The van der Waals surface area contributed by atoms with Crippen molar-refractivity contribution < 1.29 is 4.74 Å². The van der Waals surface area contributed by atoms with Crippen molar-refractivity contribution in [3.63, 3.8) is 0 Å². The minimum absolute atomic E-state index is 0.203. The molecule has 0 aliphatic rings. The molecular formula is C10H10ClN3O. The maximum Gasteiger partial charge on any atom is 0.190 e. The van der Waals surface area contributed by atoms with Crippen molar-refractivity contribution in [1.29, 1.82) is 0 Å². The van der Waals surface area contributed by atoms with Gasteiger partial charge in [-0.3, -0.25) is 0 Å². The quantitative estimate of drug-likeness (QED) is 0.803. The third-order valence-corrected chi connectivity index (χ3v) is 2.15. The molecule has 0 N–H and O–H groups in total. The summed E-state index contributed by atoms with van der Waals surface area (Å²) >= 11 is 5.84. The van der Waals surface area contributed by atoms with Crippen molar-refractivity contribution in [2.24, 2.45) is 0 Å². The monoisotopic (exact) mass is 223 g/mol. The van der Waals surface area contributed by atoms with Crippen LogP contribution in [0.5, 0.6) is 5.75 Å². The number of nitrogens with zero attached hydrogens (tertiary/aromatic N) is 3. The molecule has 0 radical (unpaired) electrons. The lowest BCUT2D eigenvalue weighted by atomic mass is 10.3. The first kappa shape index (κ1) is 9.98. The lowest BCUT2D eigenvalue weighted by Gasteiger charge is -2.14. The molecular weight excluding hydrogens is 214 g/mol. The maximum absolute atomic E-state index is 5.84. The van der Waals surface area contributed by atoms with Crippen molar-refractivity contribution in [3.05, 3.63) is 41.9 Å². The normalized spacial score (nSPS) is 12.4. The van der Waals surface area contributed by atoms with Crippen molar-refractivity contribution >= 4 is 11.6 Å². The van der Waals surface area contributed by atoms with Gasteiger partial charge in [0.2, 0.25) is 0 Å². The van der Waals surface area contributed by atoms with Crippen molar-refractivity contribution in [1.82, 2.24) is 14.8 Å². The zero-order valence-corrected chi connectivity index (χ0v) is 8.93. The van der Waals surface area contributed by atoms with Gasteiger partial charge in [-0.15, -0.1) is 0 Å². The second kappa shape index (κ2) is 4.31. The Hall–Kier alpha value is -1.55. The Kier molecular flexibility index (Phi) is 2.87. The molecule has 0 spiro atoms. The molecule has 15 heavy (non-hydrogen) atoms. The average Bonchev–Trinajstić information content (AvgIpc) is 2.70. The van der Waals surface area contributed by atoms with Crippen LogP contribution in [-0.4, -0.2) is 14.8 Å². The van der Waals surface area contributed by atoms with Crippen molar-refractivity contribution in [3.8, 4) is 5.75 Å². The van der Waals surface area contributed by atoms with E-state index in [1.165, 1.54) is 6.33 Å². The number of aromatic nitrogens is 3. The third kappa shape index (κ3) is 2.47. The molecule has 2 rings (SSSR count). The van der Waals surface area contributed by atoms with E-state index in [-0.39, 0.29) is 6.23 Å². The van der Waals surface area contributed by atoms with Gasteiger partial charge < -0.3 is 4.74 Å². The molecule has 2 aromatic rings. The standard InChI is InChI=1S/C10H10ClN3O/c1-8(14-7-12-6-13-14)15-10-4-2-3-9(11)5-10/h2-8H,1H3/t8-/m1/s1.